The van der Waals surface area contributed by atoms with Gasteiger partial charge >= 0.3 is 0 Å². The second-order valence-corrected chi connectivity index (χ2v) is 11.7. The van der Waals surface area contributed by atoms with E-state index in [4.69, 9.17) is 4.74 Å². The Hall–Kier alpha value is -3.19. The van der Waals surface area contributed by atoms with Crippen molar-refractivity contribution in [3.8, 4) is 5.75 Å². The second-order valence-electron chi connectivity index (χ2n) is 11.7. The lowest BCUT2D eigenvalue weighted by molar-refractivity contribution is -0.134. The van der Waals surface area contributed by atoms with Crippen molar-refractivity contribution in [3.63, 3.8) is 0 Å². The maximum absolute atomic E-state index is 13.3. The molecule has 7 heteroatoms. The number of ether oxygens (including phenoxy) is 1. The zero-order valence-corrected chi connectivity index (χ0v) is 23.6. The highest BCUT2D eigenvalue weighted by Crippen LogP contribution is 2.39. The molecule has 0 aliphatic carbocycles. The van der Waals surface area contributed by atoms with Gasteiger partial charge in [-0.2, -0.15) is 0 Å². The maximum atomic E-state index is 13.3. The lowest BCUT2D eigenvalue weighted by Crippen LogP contribution is -2.49. The van der Waals surface area contributed by atoms with Crippen LogP contribution in [0.1, 0.15) is 68.8 Å². The molecule has 0 saturated carbocycles. The third kappa shape index (κ3) is 7.07. The van der Waals surface area contributed by atoms with E-state index in [0.29, 0.717) is 19.1 Å². The summed E-state index contributed by atoms with van der Waals surface area (Å²) in [5.74, 6) is 2.52. The van der Waals surface area contributed by atoms with Crippen LogP contribution in [0.5, 0.6) is 5.75 Å². The highest BCUT2D eigenvalue weighted by atomic mass is 16.5. The number of hydrogen-bond acceptors (Lipinski definition) is 5. The SMILES string of the molecule is CC(C)c1nccn1CC(=O)N1CCC2(CCCCc3ccccc3OCCN(Cc3ccncc3)C2)CC1. The van der Waals surface area contributed by atoms with Crippen LogP contribution in [0.2, 0.25) is 0 Å². The summed E-state index contributed by atoms with van der Waals surface area (Å²) in [7, 11) is 0. The van der Waals surface area contributed by atoms with Gasteiger partial charge in [0.2, 0.25) is 5.91 Å². The Morgan fingerprint density at radius 3 is 2.59 bits per heavy atom. The van der Waals surface area contributed by atoms with E-state index in [0.717, 1.165) is 70.0 Å². The summed E-state index contributed by atoms with van der Waals surface area (Å²) in [5.41, 5.74) is 2.80. The molecule has 1 amide bonds. The van der Waals surface area contributed by atoms with Crippen molar-refractivity contribution >= 4 is 5.91 Å². The number of aromatic nitrogens is 3. The zero-order valence-electron chi connectivity index (χ0n) is 23.6. The predicted octanol–water partition coefficient (Wildman–Crippen LogP) is 5.32. The third-order valence-corrected chi connectivity index (χ3v) is 8.50. The molecule has 2 aromatic heterocycles. The monoisotopic (exact) mass is 529 g/mol. The minimum atomic E-state index is 0.205. The lowest BCUT2D eigenvalue weighted by atomic mass is 9.73. The van der Waals surface area contributed by atoms with Gasteiger partial charge in [-0.3, -0.25) is 14.7 Å². The van der Waals surface area contributed by atoms with Crippen LogP contribution >= 0.6 is 0 Å². The topological polar surface area (TPSA) is 63.5 Å². The molecule has 0 N–H and O–H groups in total. The summed E-state index contributed by atoms with van der Waals surface area (Å²) < 4.78 is 8.33. The summed E-state index contributed by atoms with van der Waals surface area (Å²) in [6.07, 6.45) is 14.2. The number of rotatable bonds is 5. The number of para-hydroxylation sites is 1. The second kappa shape index (κ2) is 12.8. The van der Waals surface area contributed by atoms with Crippen LogP contribution in [0.25, 0.3) is 0 Å². The number of carbonyl (C=O) groups excluding carboxylic acids is 1. The van der Waals surface area contributed by atoms with Crippen LogP contribution in [-0.4, -0.2) is 63.0 Å². The van der Waals surface area contributed by atoms with E-state index in [2.05, 4.69) is 70.0 Å². The van der Waals surface area contributed by atoms with Crippen LogP contribution in [-0.2, 0) is 24.3 Å². The van der Waals surface area contributed by atoms with Gasteiger partial charge in [-0.1, -0.05) is 38.5 Å². The van der Waals surface area contributed by atoms with Gasteiger partial charge in [0.05, 0.1) is 0 Å². The molecule has 1 spiro atoms. The molecule has 3 aromatic rings. The first-order chi connectivity index (χ1) is 19.0. The molecule has 1 saturated heterocycles. The van der Waals surface area contributed by atoms with Crippen molar-refractivity contribution in [1.82, 2.24) is 24.3 Å². The van der Waals surface area contributed by atoms with Gasteiger partial charge in [-0.15, -0.1) is 0 Å². The average Bonchev–Trinajstić information content (AvgIpc) is 3.41. The molecular weight excluding hydrogens is 486 g/mol. The molecule has 208 valence electrons. The minimum Gasteiger partial charge on any atom is -0.492 e. The summed E-state index contributed by atoms with van der Waals surface area (Å²) in [5, 5.41) is 0. The Morgan fingerprint density at radius 1 is 1.00 bits per heavy atom. The largest absolute Gasteiger partial charge is 0.492 e. The number of hydrogen-bond donors (Lipinski definition) is 0. The van der Waals surface area contributed by atoms with E-state index in [1.165, 1.54) is 24.0 Å². The van der Waals surface area contributed by atoms with Crippen molar-refractivity contribution in [2.24, 2.45) is 5.41 Å². The number of likely N-dealkylation sites (tertiary alicyclic amines) is 1. The average molecular weight is 530 g/mol. The standard InChI is InChI=1S/C32H43N5O2/c1-26(2)31-34-17-20-37(31)24-30(38)36-18-13-32(14-19-36)12-6-5-8-28-7-3-4-9-29(28)39-22-21-35(25-32)23-27-10-15-33-16-11-27/h3-4,7,9-11,15-17,20,26H,5-6,8,12-14,18-19,21-25H2,1-2H3. The molecule has 4 heterocycles. The molecule has 0 radical (unpaired) electrons. The van der Waals surface area contributed by atoms with E-state index >= 15 is 0 Å². The van der Waals surface area contributed by atoms with Crippen molar-refractivity contribution in [2.75, 3.05) is 32.8 Å². The molecule has 1 fully saturated rings. The normalized spacial score (nSPS) is 18.7. The Kier molecular flexibility index (Phi) is 8.97. The highest BCUT2D eigenvalue weighted by Gasteiger charge is 2.37. The Bertz CT molecular complexity index is 1200. The highest BCUT2D eigenvalue weighted by molar-refractivity contribution is 5.76. The van der Waals surface area contributed by atoms with Gasteiger partial charge in [-0.05, 0) is 66.8 Å². The Labute approximate surface area is 233 Å². The molecule has 1 aromatic carbocycles. The van der Waals surface area contributed by atoms with Crippen LogP contribution in [0, 0.1) is 5.41 Å². The van der Waals surface area contributed by atoms with Crippen molar-refractivity contribution < 1.29 is 9.53 Å². The number of nitrogens with zero attached hydrogens (tertiary/aromatic N) is 5. The van der Waals surface area contributed by atoms with E-state index in [-0.39, 0.29) is 11.3 Å². The van der Waals surface area contributed by atoms with Crippen molar-refractivity contribution in [2.45, 2.75) is 71.4 Å². The van der Waals surface area contributed by atoms with Gasteiger partial charge < -0.3 is 14.2 Å². The molecule has 7 nitrogen and oxygen atoms in total. The van der Waals surface area contributed by atoms with E-state index in [1.54, 1.807) is 6.20 Å². The fraction of sp³-hybridized carbons (Fsp3) is 0.531. The zero-order chi connectivity index (χ0) is 27.1. The number of amides is 1. The van der Waals surface area contributed by atoms with E-state index < -0.39 is 0 Å². The Morgan fingerprint density at radius 2 is 1.79 bits per heavy atom. The summed E-state index contributed by atoms with van der Waals surface area (Å²) >= 11 is 0. The third-order valence-electron chi connectivity index (χ3n) is 8.50. The van der Waals surface area contributed by atoms with Gasteiger partial charge in [0.1, 0.15) is 24.7 Å². The van der Waals surface area contributed by atoms with Crippen LogP contribution in [0.15, 0.2) is 61.2 Å². The summed E-state index contributed by atoms with van der Waals surface area (Å²) in [6, 6.07) is 12.7. The number of imidazole rings is 1. The van der Waals surface area contributed by atoms with Crippen LogP contribution in [0.4, 0.5) is 0 Å². The number of carbonyl (C=O) groups is 1. The van der Waals surface area contributed by atoms with Gasteiger partial charge in [0.15, 0.2) is 0 Å². The van der Waals surface area contributed by atoms with Crippen molar-refractivity contribution in [1.29, 1.82) is 0 Å². The molecule has 0 atom stereocenters. The number of pyridine rings is 1. The molecule has 2 aliphatic heterocycles. The van der Waals surface area contributed by atoms with Crippen LogP contribution in [0.3, 0.4) is 0 Å². The van der Waals surface area contributed by atoms with Gasteiger partial charge in [-0.25, -0.2) is 4.98 Å². The lowest BCUT2D eigenvalue weighted by Gasteiger charge is -2.45. The van der Waals surface area contributed by atoms with Gasteiger partial charge in [0, 0.05) is 63.4 Å². The minimum absolute atomic E-state index is 0.205. The predicted molar refractivity (Wildman–Crippen MR) is 154 cm³/mol. The number of piperidine rings is 1. The molecule has 39 heavy (non-hydrogen) atoms. The first-order valence-electron chi connectivity index (χ1n) is 14.6. The van der Waals surface area contributed by atoms with Crippen molar-refractivity contribution in [3.05, 3.63) is 78.1 Å². The first kappa shape index (κ1) is 27.4. The molecule has 0 unspecified atom stereocenters. The molecular formula is C32H43N5O2. The fourth-order valence-electron chi connectivity index (χ4n) is 6.30. The Balaban J connectivity index is 1.29. The van der Waals surface area contributed by atoms with Crippen LogP contribution < -0.4 is 4.74 Å². The molecule has 5 rings (SSSR count). The fourth-order valence-corrected chi connectivity index (χ4v) is 6.30. The quantitative estimate of drug-likeness (QED) is 0.448. The first-order valence-corrected chi connectivity index (χ1v) is 14.6. The number of benzene rings is 1. The smallest absolute Gasteiger partial charge is 0.242 e. The number of aryl methyl sites for hydroxylation is 1. The number of fused-ring (bicyclic) bond motifs is 1. The van der Waals surface area contributed by atoms with Gasteiger partial charge in [0.25, 0.3) is 0 Å². The molecule has 0 bridgehead atoms. The maximum Gasteiger partial charge on any atom is 0.242 e. The van der Waals surface area contributed by atoms with E-state index in [1.807, 2.05) is 23.2 Å². The summed E-state index contributed by atoms with van der Waals surface area (Å²) in [4.78, 5) is 26.6. The summed E-state index contributed by atoms with van der Waals surface area (Å²) in [6.45, 7) is 9.74. The van der Waals surface area contributed by atoms with E-state index in [9.17, 15) is 4.79 Å². The molecule has 2 aliphatic rings.